The van der Waals surface area contributed by atoms with E-state index in [4.69, 9.17) is 0 Å². The SMILES string of the molecule is COC(=O)Cc1ccc(C[B-](F)(F)F)cc1. The first kappa shape index (κ1) is 12.6. The van der Waals surface area contributed by atoms with E-state index in [0.29, 0.717) is 5.56 Å². The van der Waals surface area contributed by atoms with Crippen LogP contribution in [0.2, 0.25) is 0 Å². The van der Waals surface area contributed by atoms with Crippen molar-refractivity contribution in [2.45, 2.75) is 12.7 Å². The molecule has 0 aliphatic heterocycles. The largest absolute Gasteiger partial charge is 0.482 e. The summed E-state index contributed by atoms with van der Waals surface area (Å²) in [5.41, 5.74) is 0.853. The number of esters is 1. The molecule has 0 aliphatic rings. The molecular formula is C10H11BF3O2-. The highest BCUT2D eigenvalue weighted by molar-refractivity contribution is 6.57. The molecule has 0 aliphatic carbocycles. The Labute approximate surface area is 91.5 Å². The van der Waals surface area contributed by atoms with E-state index in [0.717, 1.165) is 0 Å². The second-order valence-electron chi connectivity index (χ2n) is 3.48. The van der Waals surface area contributed by atoms with Crippen molar-refractivity contribution in [2.75, 3.05) is 7.11 Å². The summed E-state index contributed by atoms with van der Waals surface area (Å²) < 4.78 is 40.7. The summed E-state index contributed by atoms with van der Waals surface area (Å²) in [5, 5.41) is 0. The molecule has 0 bridgehead atoms. The number of hydrogen-bond donors (Lipinski definition) is 0. The molecule has 0 unspecified atom stereocenters. The molecule has 1 aromatic rings. The molecule has 0 N–H and O–H groups in total. The molecule has 0 aromatic heterocycles. The molecule has 0 radical (unpaired) electrons. The lowest BCUT2D eigenvalue weighted by molar-refractivity contribution is -0.139. The fourth-order valence-electron chi connectivity index (χ4n) is 1.30. The first-order valence-corrected chi connectivity index (χ1v) is 4.76. The van der Waals surface area contributed by atoms with Crippen LogP contribution in [-0.2, 0) is 22.3 Å². The first-order chi connectivity index (χ1) is 7.40. The van der Waals surface area contributed by atoms with E-state index in [1.54, 1.807) is 0 Å². The van der Waals surface area contributed by atoms with E-state index < -0.39 is 19.3 Å². The van der Waals surface area contributed by atoms with Gasteiger partial charge in [0.15, 0.2) is 0 Å². The number of ether oxygens (including phenoxy) is 1. The van der Waals surface area contributed by atoms with Crippen LogP contribution in [0, 0.1) is 0 Å². The Morgan fingerprint density at radius 2 is 1.69 bits per heavy atom. The van der Waals surface area contributed by atoms with Gasteiger partial charge in [0.2, 0.25) is 0 Å². The van der Waals surface area contributed by atoms with Crippen molar-refractivity contribution in [2.24, 2.45) is 0 Å². The maximum Gasteiger partial charge on any atom is 0.482 e. The zero-order valence-electron chi connectivity index (χ0n) is 8.75. The van der Waals surface area contributed by atoms with Gasteiger partial charge in [0.05, 0.1) is 13.5 Å². The maximum atomic E-state index is 12.1. The van der Waals surface area contributed by atoms with E-state index in [1.165, 1.54) is 31.4 Å². The number of methoxy groups -OCH3 is 1. The summed E-state index contributed by atoms with van der Waals surface area (Å²) in [6, 6.07) is 5.78. The second-order valence-corrected chi connectivity index (χ2v) is 3.48. The molecule has 0 saturated heterocycles. The van der Waals surface area contributed by atoms with Gasteiger partial charge in [0, 0.05) is 0 Å². The lowest BCUT2D eigenvalue weighted by Gasteiger charge is -2.13. The van der Waals surface area contributed by atoms with Crippen LogP contribution in [0.1, 0.15) is 11.1 Å². The number of halogens is 3. The third-order valence-electron chi connectivity index (χ3n) is 2.07. The smallest absolute Gasteiger partial charge is 0.469 e. The lowest BCUT2D eigenvalue weighted by Crippen LogP contribution is -2.19. The normalized spacial score (nSPS) is 11.2. The van der Waals surface area contributed by atoms with E-state index in [2.05, 4.69) is 4.74 Å². The Balaban J connectivity index is 2.64. The Kier molecular flexibility index (Phi) is 3.98. The van der Waals surface area contributed by atoms with E-state index in [1.807, 2.05) is 0 Å². The third kappa shape index (κ3) is 4.38. The average Bonchev–Trinajstić information content (AvgIpc) is 2.18. The summed E-state index contributed by atoms with van der Waals surface area (Å²) >= 11 is 0. The predicted molar refractivity (Wildman–Crippen MR) is 54.9 cm³/mol. The van der Waals surface area contributed by atoms with Crippen LogP contribution in [0.4, 0.5) is 12.9 Å². The molecule has 1 aromatic carbocycles. The zero-order chi connectivity index (χ0) is 12.2. The van der Waals surface area contributed by atoms with Crippen LogP contribution < -0.4 is 0 Å². The molecular weight excluding hydrogens is 220 g/mol. The number of carbonyl (C=O) groups excluding carboxylic acids is 1. The van der Waals surface area contributed by atoms with Crippen molar-refractivity contribution in [1.29, 1.82) is 0 Å². The monoisotopic (exact) mass is 231 g/mol. The maximum absolute atomic E-state index is 12.1. The molecule has 1 rings (SSSR count). The van der Waals surface area contributed by atoms with Crippen molar-refractivity contribution in [3.05, 3.63) is 35.4 Å². The zero-order valence-corrected chi connectivity index (χ0v) is 8.75. The number of rotatable bonds is 4. The van der Waals surface area contributed by atoms with Gasteiger partial charge in [-0.25, -0.2) is 0 Å². The Hall–Kier alpha value is -1.46. The minimum absolute atomic E-state index is 0.0773. The summed E-state index contributed by atoms with van der Waals surface area (Å²) in [6.45, 7) is -4.81. The minimum Gasteiger partial charge on any atom is -0.469 e. The fourth-order valence-corrected chi connectivity index (χ4v) is 1.30. The van der Waals surface area contributed by atoms with Gasteiger partial charge in [-0.3, -0.25) is 4.79 Å². The van der Waals surface area contributed by atoms with Crippen LogP contribution in [-0.4, -0.2) is 20.1 Å². The van der Waals surface area contributed by atoms with Crippen molar-refractivity contribution in [1.82, 2.24) is 0 Å². The van der Waals surface area contributed by atoms with Crippen LogP contribution in [0.25, 0.3) is 0 Å². The molecule has 16 heavy (non-hydrogen) atoms. The molecule has 0 fully saturated rings. The van der Waals surface area contributed by atoms with E-state index in [9.17, 15) is 17.7 Å². The topological polar surface area (TPSA) is 26.3 Å². The quantitative estimate of drug-likeness (QED) is 0.587. The fraction of sp³-hybridized carbons (Fsp3) is 0.300. The van der Waals surface area contributed by atoms with Crippen LogP contribution in [0.15, 0.2) is 24.3 Å². The summed E-state index contributed by atoms with van der Waals surface area (Å²) in [7, 11) is 1.27. The van der Waals surface area contributed by atoms with Gasteiger partial charge in [0.1, 0.15) is 0 Å². The summed E-state index contributed by atoms with van der Waals surface area (Å²) in [4.78, 5) is 10.9. The number of carbonyl (C=O) groups is 1. The third-order valence-corrected chi connectivity index (χ3v) is 2.07. The van der Waals surface area contributed by atoms with Gasteiger partial charge in [-0.1, -0.05) is 36.1 Å². The average molecular weight is 231 g/mol. The van der Waals surface area contributed by atoms with Crippen molar-refractivity contribution in [3.63, 3.8) is 0 Å². The predicted octanol–water partition coefficient (Wildman–Crippen LogP) is 2.33. The van der Waals surface area contributed by atoms with Crippen molar-refractivity contribution >= 4 is 12.9 Å². The van der Waals surface area contributed by atoms with Crippen LogP contribution >= 0.6 is 0 Å². The lowest BCUT2D eigenvalue weighted by atomic mass is 9.82. The van der Waals surface area contributed by atoms with Gasteiger partial charge in [-0.15, -0.1) is 0 Å². The molecule has 2 nitrogen and oxygen atoms in total. The molecule has 0 saturated carbocycles. The van der Waals surface area contributed by atoms with Crippen molar-refractivity contribution < 1.29 is 22.5 Å². The number of benzene rings is 1. The molecule has 88 valence electrons. The summed E-state index contributed by atoms with van der Waals surface area (Å²) in [6.07, 6.45) is -0.813. The molecule has 0 amide bonds. The van der Waals surface area contributed by atoms with E-state index >= 15 is 0 Å². The molecule has 0 atom stereocenters. The number of hydrogen-bond acceptors (Lipinski definition) is 2. The first-order valence-electron chi connectivity index (χ1n) is 4.76. The van der Waals surface area contributed by atoms with Gasteiger partial charge in [-0.05, 0) is 5.56 Å². The van der Waals surface area contributed by atoms with E-state index in [-0.39, 0.29) is 12.0 Å². The van der Waals surface area contributed by atoms with Gasteiger partial charge < -0.3 is 17.7 Å². The van der Waals surface area contributed by atoms with Crippen LogP contribution in [0.5, 0.6) is 0 Å². The Morgan fingerprint density at radius 3 is 2.12 bits per heavy atom. The standard InChI is InChI=1S/C10H11BF3O2/c1-16-10(15)6-8-2-4-9(5-3-8)7-11(12,13)14/h2-5H,6-7H2,1H3/q-1. The summed E-state index contributed by atoms with van der Waals surface area (Å²) in [5.74, 6) is -0.409. The molecule has 0 spiro atoms. The molecule has 6 heteroatoms. The minimum atomic E-state index is -4.81. The van der Waals surface area contributed by atoms with Crippen molar-refractivity contribution in [3.8, 4) is 0 Å². The second kappa shape index (κ2) is 5.05. The highest BCUT2D eigenvalue weighted by Gasteiger charge is 2.22. The molecule has 0 heterocycles. The van der Waals surface area contributed by atoms with Gasteiger partial charge >= 0.3 is 12.9 Å². The highest BCUT2D eigenvalue weighted by atomic mass is 19.4. The Bertz CT molecular complexity index is 359. The van der Waals surface area contributed by atoms with Crippen LogP contribution in [0.3, 0.4) is 0 Å². The van der Waals surface area contributed by atoms with Gasteiger partial charge in [0.25, 0.3) is 0 Å². The Morgan fingerprint density at radius 1 is 1.19 bits per heavy atom. The highest BCUT2D eigenvalue weighted by Crippen LogP contribution is 2.16. The van der Waals surface area contributed by atoms with Gasteiger partial charge in [-0.2, -0.15) is 0 Å².